The van der Waals surface area contributed by atoms with Gasteiger partial charge in [0, 0.05) is 25.5 Å². The van der Waals surface area contributed by atoms with E-state index in [0.29, 0.717) is 0 Å². The fourth-order valence-corrected chi connectivity index (χ4v) is 0.848. The van der Waals surface area contributed by atoms with Crippen LogP contribution in [-0.4, -0.2) is 24.7 Å². The molecule has 0 atom stereocenters. The lowest BCUT2D eigenvalue weighted by molar-refractivity contribution is 0.00819. The lowest BCUT2D eigenvalue weighted by atomic mass is 10.2. The maximum Gasteiger partial charge on any atom is 0.379 e. The minimum atomic E-state index is -3.67. The predicted molar refractivity (Wildman–Crippen MR) is 57.3 cm³/mol. The van der Waals surface area contributed by atoms with Crippen LogP contribution in [0.3, 0.4) is 0 Å². The van der Waals surface area contributed by atoms with Gasteiger partial charge in [-0.2, -0.15) is 13.2 Å². The first-order valence-electron chi connectivity index (χ1n) is 4.28. The van der Waals surface area contributed by atoms with E-state index in [4.69, 9.17) is 4.78 Å². The molecule has 1 rings (SSSR count). The molecule has 88 valence electrons. The van der Waals surface area contributed by atoms with Crippen molar-refractivity contribution in [1.29, 1.82) is 4.78 Å². The van der Waals surface area contributed by atoms with Gasteiger partial charge in [-0.05, 0) is 26.1 Å². The zero-order chi connectivity index (χ0) is 12.3. The van der Waals surface area contributed by atoms with Gasteiger partial charge < -0.3 is 4.90 Å². The summed E-state index contributed by atoms with van der Waals surface area (Å²) in [6.45, 7) is 2.82. The SMILES string of the molecule is CCN1C=CC(C)=CC1.FC(F)F.N=S. The monoisotopic (exact) mass is 240 g/mol. The van der Waals surface area contributed by atoms with Gasteiger partial charge in [0.25, 0.3) is 0 Å². The van der Waals surface area contributed by atoms with Crippen LogP contribution in [-0.2, 0) is 12.4 Å². The quantitative estimate of drug-likeness (QED) is 0.761. The minimum Gasteiger partial charge on any atom is -0.374 e. The number of hydrogen-bond donors (Lipinski definition) is 1. The summed E-state index contributed by atoms with van der Waals surface area (Å²) in [5.74, 6) is 0. The van der Waals surface area contributed by atoms with Crippen molar-refractivity contribution in [2.75, 3.05) is 13.1 Å². The van der Waals surface area contributed by atoms with E-state index in [0.717, 1.165) is 13.1 Å². The second-order valence-corrected chi connectivity index (χ2v) is 2.60. The summed E-state index contributed by atoms with van der Waals surface area (Å²) in [5.41, 5.74) is 1.37. The van der Waals surface area contributed by atoms with Crippen molar-refractivity contribution in [1.82, 2.24) is 4.90 Å². The third-order valence-electron chi connectivity index (χ3n) is 1.60. The van der Waals surface area contributed by atoms with Gasteiger partial charge in [0.1, 0.15) is 0 Å². The van der Waals surface area contributed by atoms with Crippen molar-refractivity contribution in [2.24, 2.45) is 0 Å². The minimum absolute atomic E-state index is 1.08. The molecule has 6 heteroatoms. The third-order valence-corrected chi connectivity index (χ3v) is 1.60. The fraction of sp³-hybridized carbons (Fsp3) is 0.556. The largest absolute Gasteiger partial charge is 0.379 e. The molecule has 0 spiro atoms. The number of halogens is 3. The lowest BCUT2D eigenvalue weighted by Crippen LogP contribution is -2.18. The molecular weight excluding hydrogens is 225 g/mol. The first kappa shape index (κ1) is 16.5. The number of rotatable bonds is 1. The van der Waals surface area contributed by atoms with Crippen LogP contribution in [0, 0.1) is 4.78 Å². The smallest absolute Gasteiger partial charge is 0.374 e. The standard InChI is InChI=1S/C8H13N.CHF3.HNS/c1-3-9-6-4-8(2)5-7-9;2-1(3)4;1-2/h4-6H,3,7H2,1-2H3;1H;1H. The van der Waals surface area contributed by atoms with E-state index in [1.165, 1.54) is 5.57 Å². The molecule has 0 aromatic rings. The maximum absolute atomic E-state index is 9.67. The number of alkyl halides is 3. The summed E-state index contributed by atoms with van der Waals surface area (Å²) in [4.78, 5) is 2.27. The van der Waals surface area contributed by atoms with Gasteiger partial charge >= 0.3 is 6.68 Å². The van der Waals surface area contributed by atoms with Gasteiger partial charge in [-0.15, -0.1) is 0 Å². The fourth-order valence-electron chi connectivity index (χ4n) is 0.848. The van der Waals surface area contributed by atoms with Gasteiger partial charge in [-0.1, -0.05) is 11.6 Å². The van der Waals surface area contributed by atoms with Crippen molar-refractivity contribution < 1.29 is 13.2 Å². The van der Waals surface area contributed by atoms with Crippen LogP contribution in [0.15, 0.2) is 23.9 Å². The molecule has 0 amide bonds. The highest BCUT2D eigenvalue weighted by Gasteiger charge is 1.96. The van der Waals surface area contributed by atoms with Gasteiger partial charge in [0.05, 0.1) is 0 Å². The number of nitrogens with zero attached hydrogens (tertiary/aromatic N) is 1. The Morgan fingerprint density at radius 2 is 1.93 bits per heavy atom. The van der Waals surface area contributed by atoms with Gasteiger partial charge in [-0.25, -0.2) is 4.78 Å². The van der Waals surface area contributed by atoms with Crippen molar-refractivity contribution in [2.45, 2.75) is 20.5 Å². The average molecular weight is 240 g/mol. The van der Waals surface area contributed by atoms with Crippen LogP contribution < -0.4 is 0 Å². The van der Waals surface area contributed by atoms with Crippen LogP contribution in [0.2, 0.25) is 0 Å². The molecule has 1 heterocycles. The highest BCUT2D eigenvalue weighted by Crippen LogP contribution is 2.04. The maximum atomic E-state index is 9.67. The third kappa shape index (κ3) is 13.1. The second-order valence-electron chi connectivity index (χ2n) is 2.60. The summed E-state index contributed by atoms with van der Waals surface area (Å²) in [6, 6.07) is 0. The van der Waals surface area contributed by atoms with E-state index in [2.05, 4.69) is 49.5 Å². The lowest BCUT2D eigenvalue weighted by Gasteiger charge is -2.19. The average Bonchev–Trinajstić information content (AvgIpc) is 2.21. The molecule has 0 aromatic heterocycles. The molecule has 0 bridgehead atoms. The molecule has 0 unspecified atom stereocenters. The highest BCUT2D eigenvalue weighted by molar-refractivity contribution is 7.45. The Balaban J connectivity index is 0. The van der Waals surface area contributed by atoms with Crippen molar-refractivity contribution in [3.63, 3.8) is 0 Å². The summed E-state index contributed by atoms with van der Waals surface area (Å²) in [7, 11) is 0. The van der Waals surface area contributed by atoms with Crippen LogP contribution in [0.1, 0.15) is 13.8 Å². The topological polar surface area (TPSA) is 27.1 Å². The Morgan fingerprint density at radius 3 is 2.20 bits per heavy atom. The van der Waals surface area contributed by atoms with Crippen molar-refractivity contribution >= 4 is 12.4 Å². The van der Waals surface area contributed by atoms with Crippen LogP contribution in [0.25, 0.3) is 0 Å². The second kappa shape index (κ2) is 11.2. The summed E-state index contributed by atoms with van der Waals surface area (Å²) in [6.07, 6.45) is 6.53. The number of nitrogens with one attached hydrogen (secondary N) is 1. The van der Waals surface area contributed by atoms with E-state index < -0.39 is 6.68 Å². The molecule has 2 nitrogen and oxygen atoms in total. The highest BCUT2D eigenvalue weighted by atomic mass is 32.1. The van der Waals surface area contributed by atoms with Gasteiger partial charge in [0.2, 0.25) is 0 Å². The molecular formula is C9H15F3N2S. The Bertz CT molecular complexity index is 205. The molecule has 0 aromatic carbocycles. The molecule has 15 heavy (non-hydrogen) atoms. The molecule has 0 saturated carbocycles. The Labute approximate surface area is 93.4 Å². The number of allylic oxidation sites excluding steroid dienone is 2. The molecule has 0 radical (unpaired) electrons. The van der Waals surface area contributed by atoms with Crippen LogP contribution in [0.5, 0.6) is 0 Å². The summed E-state index contributed by atoms with van der Waals surface area (Å²) >= 11 is 3.33. The number of hydrogen-bond acceptors (Lipinski definition) is 3. The Kier molecular flexibility index (Phi) is 12.3. The van der Waals surface area contributed by atoms with Crippen molar-refractivity contribution in [3.05, 3.63) is 23.9 Å². The van der Waals surface area contributed by atoms with E-state index in [-0.39, 0.29) is 0 Å². The molecule has 0 saturated heterocycles. The zero-order valence-electron chi connectivity index (χ0n) is 8.71. The van der Waals surface area contributed by atoms with E-state index in [9.17, 15) is 13.2 Å². The molecule has 1 N–H and O–H groups in total. The van der Waals surface area contributed by atoms with E-state index >= 15 is 0 Å². The summed E-state index contributed by atoms with van der Waals surface area (Å²) < 4.78 is 34.3. The summed E-state index contributed by atoms with van der Waals surface area (Å²) in [5, 5.41) is 0. The zero-order valence-corrected chi connectivity index (χ0v) is 9.53. The normalized spacial score (nSPS) is 13.5. The van der Waals surface area contributed by atoms with E-state index in [1.54, 1.807) is 0 Å². The number of likely N-dealkylation sites (N-methyl/N-ethyl adjacent to an activating group) is 1. The molecule has 1 aliphatic heterocycles. The van der Waals surface area contributed by atoms with Gasteiger partial charge in [-0.3, -0.25) is 0 Å². The van der Waals surface area contributed by atoms with Crippen molar-refractivity contribution in [3.8, 4) is 0 Å². The molecule has 0 fully saturated rings. The molecule has 0 aliphatic carbocycles. The first-order valence-corrected chi connectivity index (χ1v) is 4.68. The van der Waals surface area contributed by atoms with Crippen LogP contribution >= 0.6 is 0 Å². The van der Waals surface area contributed by atoms with E-state index in [1.807, 2.05) is 0 Å². The van der Waals surface area contributed by atoms with Gasteiger partial charge in [0.15, 0.2) is 0 Å². The van der Waals surface area contributed by atoms with Crippen LogP contribution in [0.4, 0.5) is 13.2 Å². The predicted octanol–water partition coefficient (Wildman–Crippen LogP) is 3.26. The molecule has 1 aliphatic rings. The first-order chi connectivity index (χ1) is 7.06. The Hall–Kier alpha value is -0.910. The Morgan fingerprint density at radius 1 is 1.47 bits per heavy atom.